The van der Waals surface area contributed by atoms with Crippen LogP contribution in [0.2, 0.25) is 0 Å². The number of aromatic nitrogens is 2. The summed E-state index contributed by atoms with van der Waals surface area (Å²) in [6.07, 6.45) is 5.01. The van der Waals surface area contributed by atoms with Crippen LogP contribution < -0.4 is 11.3 Å². The Balaban J connectivity index is 1.79. The zero-order chi connectivity index (χ0) is 19.7. The molecule has 28 heavy (non-hydrogen) atoms. The third kappa shape index (κ3) is 3.73. The smallest absolute Gasteiger partial charge is 0.263 e. The van der Waals surface area contributed by atoms with Crippen LogP contribution in [0.5, 0.6) is 0 Å². The van der Waals surface area contributed by atoms with Gasteiger partial charge in [0.05, 0.1) is 10.6 Å². The zero-order valence-corrected chi connectivity index (χ0v) is 17.4. The van der Waals surface area contributed by atoms with E-state index in [4.69, 9.17) is 10.7 Å². The summed E-state index contributed by atoms with van der Waals surface area (Å²) in [7, 11) is 0. The Kier molecular flexibility index (Phi) is 5.55. The number of hydrogen-bond acceptors (Lipinski definition) is 5. The van der Waals surface area contributed by atoms with Crippen LogP contribution in [-0.4, -0.2) is 20.7 Å². The predicted octanol–water partition coefficient (Wildman–Crippen LogP) is 3.55. The van der Waals surface area contributed by atoms with Gasteiger partial charge in [-0.25, -0.2) is 4.98 Å². The fourth-order valence-electron chi connectivity index (χ4n) is 3.61. The van der Waals surface area contributed by atoms with E-state index in [1.165, 1.54) is 34.2 Å². The van der Waals surface area contributed by atoms with Gasteiger partial charge in [-0.15, -0.1) is 11.3 Å². The van der Waals surface area contributed by atoms with Crippen molar-refractivity contribution in [3.8, 4) is 0 Å². The van der Waals surface area contributed by atoms with Crippen molar-refractivity contribution in [2.45, 2.75) is 56.0 Å². The van der Waals surface area contributed by atoms with Crippen LogP contribution in [0.15, 0.2) is 40.3 Å². The standard InChI is InChI=1S/C21H23N3O2S2/c1-13(18(22)25)27-21-23-19-17(15-9-5-6-10-16(15)28-19)20(26)24(21)12-11-14-7-3-2-4-8-14/h2-4,7-8,13H,5-6,9-12H2,1H3,(H2,22,25). The molecule has 1 unspecified atom stereocenters. The van der Waals surface area contributed by atoms with Gasteiger partial charge >= 0.3 is 0 Å². The molecule has 3 aromatic rings. The Bertz CT molecular complexity index is 1070. The van der Waals surface area contributed by atoms with Gasteiger partial charge in [-0.3, -0.25) is 14.2 Å². The number of amides is 1. The highest BCUT2D eigenvalue weighted by Crippen LogP contribution is 2.35. The summed E-state index contributed by atoms with van der Waals surface area (Å²) in [5.41, 5.74) is 7.83. The molecule has 5 nitrogen and oxygen atoms in total. The highest BCUT2D eigenvalue weighted by atomic mass is 32.2. The van der Waals surface area contributed by atoms with E-state index in [1.54, 1.807) is 22.8 Å². The van der Waals surface area contributed by atoms with Gasteiger partial charge in [0.15, 0.2) is 5.16 Å². The normalized spacial score (nSPS) is 14.8. The number of aryl methyl sites for hydroxylation is 3. The Morgan fingerprint density at radius 1 is 1.29 bits per heavy atom. The van der Waals surface area contributed by atoms with Crippen molar-refractivity contribution in [2.24, 2.45) is 5.73 Å². The first kappa shape index (κ1) is 19.2. The molecule has 2 N–H and O–H groups in total. The zero-order valence-electron chi connectivity index (χ0n) is 15.8. The lowest BCUT2D eigenvalue weighted by molar-refractivity contribution is -0.117. The van der Waals surface area contributed by atoms with Crippen molar-refractivity contribution in [1.29, 1.82) is 0 Å². The second kappa shape index (κ2) is 8.09. The number of fused-ring (bicyclic) bond motifs is 3. The first-order valence-electron chi connectivity index (χ1n) is 9.59. The summed E-state index contributed by atoms with van der Waals surface area (Å²) in [5, 5.41) is 0.920. The van der Waals surface area contributed by atoms with Gasteiger partial charge in [0, 0.05) is 11.4 Å². The van der Waals surface area contributed by atoms with Gasteiger partial charge in [-0.2, -0.15) is 0 Å². The molecule has 2 heterocycles. The number of rotatable bonds is 6. The molecule has 1 atom stereocenters. The first-order chi connectivity index (χ1) is 13.5. The largest absolute Gasteiger partial charge is 0.369 e. The number of nitrogens with two attached hydrogens (primary N) is 1. The molecule has 0 saturated heterocycles. The third-order valence-corrected chi connectivity index (χ3v) is 7.48. The topological polar surface area (TPSA) is 78.0 Å². The third-order valence-electron chi connectivity index (χ3n) is 5.19. The summed E-state index contributed by atoms with van der Waals surface area (Å²) in [5.74, 6) is -0.403. The van der Waals surface area contributed by atoms with Gasteiger partial charge in [-0.1, -0.05) is 42.1 Å². The van der Waals surface area contributed by atoms with E-state index in [-0.39, 0.29) is 5.56 Å². The fourth-order valence-corrected chi connectivity index (χ4v) is 5.80. The van der Waals surface area contributed by atoms with Crippen LogP contribution in [0.1, 0.15) is 35.8 Å². The van der Waals surface area contributed by atoms with Crippen LogP contribution in [-0.2, 0) is 30.6 Å². The van der Waals surface area contributed by atoms with Crippen molar-refractivity contribution in [2.75, 3.05) is 0 Å². The predicted molar refractivity (Wildman–Crippen MR) is 115 cm³/mol. The van der Waals surface area contributed by atoms with E-state index in [0.717, 1.165) is 35.9 Å². The molecule has 0 bridgehead atoms. The molecule has 7 heteroatoms. The molecule has 0 spiro atoms. The van der Waals surface area contributed by atoms with Crippen molar-refractivity contribution in [3.05, 3.63) is 56.7 Å². The summed E-state index contributed by atoms with van der Waals surface area (Å²) >= 11 is 2.91. The van der Waals surface area contributed by atoms with Crippen LogP contribution in [0.3, 0.4) is 0 Å². The molecule has 2 aromatic heterocycles. The molecular weight excluding hydrogens is 390 g/mol. The maximum atomic E-state index is 13.5. The number of nitrogens with zero attached hydrogens (tertiary/aromatic N) is 2. The lowest BCUT2D eigenvalue weighted by Crippen LogP contribution is -2.28. The summed E-state index contributed by atoms with van der Waals surface area (Å²) in [4.78, 5) is 32.0. The number of carbonyl (C=O) groups excluding carboxylic acids is 1. The minimum absolute atomic E-state index is 0.0134. The summed E-state index contributed by atoms with van der Waals surface area (Å²) in [6.45, 7) is 2.29. The molecule has 1 aliphatic carbocycles. The monoisotopic (exact) mass is 413 g/mol. The van der Waals surface area contributed by atoms with Crippen LogP contribution >= 0.6 is 23.1 Å². The van der Waals surface area contributed by atoms with Crippen molar-refractivity contribution in [3.63, 3.8) is 0 Å². The quantitative estimate of drug-likeness (QED) is 0.495. The maximum absolute atomic E-state index is 13.5. The molecule has 0 aliphatic heterocycles. The summed E-state index contributed by atoms with van der Waals surface area (Å²) < 4.78 is 1.74. The van der Waals surface area contributed by atoms with Gasteiger partial charge in [0.25, 0.3) is 5.56 Å². The minimum atomic E-state index is -0.443. The Labute approximate surface area is 172 Å². The lowest BCUT2D eigenvalue weighted by atomic mass is 9.97. The van der Waals surface area contributed by atoms with Gasteiger partial charge in [-0.05, 0) is 50.2 Å². The molecule has 0 fully saturated rings. The average Bonchev–Trinajstić information content (AvgIpc) is 3.06. The Morgan fingerprint density at radius 3 is 2.79 bits per heavy atom. The van der Waals surface area contributed by atoms with E-state index in [2.05, 4.69) is 12.1 Å². The highest BCUT2D eigenvalue weighted by Gasteiger charge is 2.23. The number of thioether (sulfide) groups is 1. The van der Waals surface area contributed by atoms with Crippen molar-refractivity contribution < 1.29 is 4.79 Å². The maximum Gasteiger partial charge on any atom is 0.263 e. The van der Waals surface area contributed by atoms with E-state index < -0.39 is 11.2 Å². The molecule has 4 rings (SSSR count). The van der Waals surface area contributed by atoms with Crippen LogP contribution in [0, 0.1) is 0 Å². The summed E-state index contributed by atoms with van der Waals surface area (Å²) in [6, 6.07) is 10.1. The van der Waals surface area contributed by atoms with Gasteiger partial charge in [0.2, 0.25) is 5.91 Å². The molecule has 0 radical (unpaired) electrons. The van der Waals surface area contributed by atoms with Gasteiger partial charge < -0.3 is 5.73 Å². The molecule has 1 amide bonds. The number of thiophene rings is 1. The SMILES string of the molecule is CC(Sc1nc2sc3c(c2c(=O)n1CCc1ccccc1)CCCC3)C(N)=O. The Hall–Kier alpha value is -2.12. The molecule has 1 aliphatic rings. The molecule has 0 saturated carbocycles. The second-order valence-corrected chi connectivity index (χ2v) is 9.53. The number of carbonyl (C=O) groups is 1. The van der Waals surface area contributed by atoms with E-state index in [9.17, 15) is 9.59 Å². The highest BCUT2D eigenvalue weighted by molar-refractivity contribution is 8.00. The second-order valence-electron chi connectivity index (χ2n) is 7.14. The fraction of sp³-hybridized carbons (Fsp3) is 0.381. The van der Waals surface area contributed by atoms with E-state index in [1.807, 2.05) is 18.2 Å². The van der Waals surface area contributed by atoms with Crippen molar-refractivity contribution >= 4 is 39.2 Å². The number of hydrogen-bond donors (Lipinski definition) is 1. The van der Waals surface area contributed by atoms with Gasteiger partial charge in [0.1, 0.15) is 4.83 Å². The molecule has 1 aromatic carbocycles. The van der Waals surface area contributed by atoms with E-state index in [0.29, 0.717) is 11.7 Å². The molecular formula is C21H23N3O2S2. The Morgan fingerprint density at radius 2 is 2.04 bits per heavy atom. The lowest BCUT2D eigenvalue weighted by Gasteiger charge is -2.15. The average molecular weight is 414 g/mol. The van der Waals surface area contributed by atoms with E-state index >= 15 is 0 Å². The molecule has 146 valence electrons. The number of benzene rings is 1. The first-order valence-corrected chi connectivity index (χ1v) is 11.3. The van der Waals surface area contributed by atoms with Crippen LogP contribution in [0.25, 0.3) is 10.2 Å². The van der Waals surface area contributed by atoms with Crippen molar-refractivity contribution in [1.82, 2.24) is 9.55 Å². The van der Waals surface area contributed by atoms with Crippen LogP contribution in [0.4, 0.5) is 0 Å². The minimum Gasteiger partial charge on any atom is -0.369 e. The number of primary amides is 1.